The van der Waals surface area contributed by atoms with Gasteiger partial charge in [0.2, 0.25) is 0 Å². The van der Waals surface area contributed by atoms with E-state index < -0.39 is 10.0 Å². The van der Waals surface area contributed by atoms with E-state index >= 15 is 0 Å². The van der Waals surface area contributed by atoms with Gasteiger partial charge in [0.25, 0.3) is 10.0 Å². The van der Waals surface area contributed by atoms with Gasteiger partial charge in [0.05, 0.1) is 4.90 Å². The maximum atomic E-state index is 11.8. The van der Waals surface area contributed by atoms with Crippen LogP contribution < -0.4 is 0 Å². The average Bonchev–Trinajstić information content (AvgIpc) is 2.25. The number of allylic oxidation sites excluding steroid dienone is 1. The van der Waals surface area contributed by atoms with Crippen molar-refractivity contribution in [2.45, 2.75) is 31.6 Å². The Hall–Kier alpha value is -1.42. The topological polar surface area (TPSA) is 46.5 Å². The molecule has 4 heteroatoms. The van der Waals surface area contributed by atoms with Crippen molar-refractivity contribution in [2.75, 3.05) is 0 Å². The molecule has 0 spiro atoms. The summed E-state index contributed by atoms with van der Waals surface area (Å²) in [5.74, 6) is 0. The number of benzene rings is 1. The lowest BCUT2D eigenvalue weighted by molar-refractivity contribution is 0.598. The summed E-state index contributed by atoms with van der Waals surface area (Å²) in [5.41, 5.74) is 2.04. The molecule has 1 aromatic carbocycles. The Labute approximate surface area is 103 Å². The van der Waals surface area contributed by atoms with Crippen molar-refractivity contribution in [2.24, 2.45) is 4.40 Å². The van der Waals surface area contributed by atoms with E-state index in [1.54, 1.807) is 24.3 Å². The number of sulfonamides is 1. The van der Waals surface area contributed by atoms with Crippen molar-refractivity contribution in [3.05, 3.63) is 42.0 Å². The van der Waals surface area contributed by atoms with E-state index in [1.165, 1.54) is 6.21 Å². The summed E-state index contributed by atoms with van der Waals surface area (Å²) in [6.45, 7) is 7.56. The SMILES string of the molecule is C=C(C)CCC=NS(=O)(=O)c1ccc(C)cc1. The zero-order valence-electron chi connectivity index (χ0n) is 10.2. The molecule has 0 aliphatic heterocycles. The zero-order valence-corrected chi connectivity index (χ0v) is 11.0. The van der Waals surface area contributed by atoms with Gasteiger partial charge >= 0.3 is 0 Å². The monoisotopic (exact) mass is 251 g/mol. The van der Waals surface area contributed by atoms with Gasteiger partial charge < -0.3 is 0 Å². The molecular formula is C13H17NO2S. The molecule has 0 unspecified atom stereocenters. The Kier molecular flexibility index (Phi) is 4.63. The van der Waals surface area contributed by atoms with E-state index in [4.69, 9.17) is 0 Å². The predicted octanol–water partition coefficient (Wildman–Crippen LogP) is 3.11. The van der Waals surface area contributed by atoms with Gasteiger partial charge in [-0.25, -0.2) is 0 Å². The molecule has 0 amide bonds. The highest BCUT2D eigenvalue weighted by Gasteiger charge is 2.10. The number of hydrogen-bond acceptors (Lipinski definition) is 2. The molecule has 0 atom stereocenters. The molecule has 0 aliphatic rings. The quantitative estimate of drug-likeness (QED) is 0.596. The second-order valence-electron chi connectivity index (χ2n) is 4.07. The fraction of sp³-hybridized carbons (Fsp3) is 0.308. The first-order chi connectivity index (χ1) is 7.92. The third-order valence-electron chi connectivity index (χ3n) is 2.23. The highest BCUT2D eigenvalue weighted by atomic mass is 32.2. The van der Waals surface area contributed by atoms with E-state index in [0.29, 0.717) is 6.42 Å². The Morgan fingerprint density at radius 2 is 1.94 bits per heavy atom. The fourth-order valence-electron chi connectivity index (χ4n) is 1.23. The lowest BCUT2D eigenvalue weighted by atomic mass is 10.2. The Morgan fingerprint density at radius 3 is 2.47 bits per heavy atom. The molecule has 0 heterocycles. The van der Waals surface area contributed by atoms with Crippen LogP contribution in [-0.2, 0) is 10.0 Å². The van der Waals surface area contributed by atoms with Crippen LogP contribution in [0, 0.1) is 6.92 Å². The van der Waals surface area contributed by atoms with Crippen molar-refractivity contribution >= 4 is 16.2 Å². The second-order valence-corrected chi connectivity index (χ2v) is 5.70. The Morgan fingerprint density at radius 1 is 1.35 bits per heavy atom. The van der Waals surface area contributed by atoms with Crippen molar-refractivity contribution in [3.63, 3.8) is 0 Å². The smallest absolute Gasteiger partial charge is 0.199 e. The molecule has 1 rings (SSSR count). The van der Waals surface area contributed by atoms with Crippen molar-refractivity contribution in [3.8, 4) is 0 Å². The van der Waals surface area contributed by atoms with E-state index in [9.17, 15) is 8.42 Å². The van der Waals surface area contributed by atoms with Crippen molar-refractivity contribution in [1.29, 1.82) is 0 Å². The normalized spacial score (nSPS) is 11.9. The minimum atomic E-state index is -3.54. The molecule has 0 aromatic heterocycles. The molecule has 0 aliphatic carbocycles. The first-order valence-electron chi connectivity index (χ1n) is 5.41. The summed E-state index contributed by atoms with van der Waals surface area (Å²) in [4.78, 5) is 0.231. The summed E-state index contributed by atoms with van der Waals surface area (Å²) in [6.07, 6.45) is 2.79. The van der Waals surface area contributed by atoms with Gasteiger partial charge in [-0.05, 0) is 38.8 Å². The van der Waals surface area contributed by atoms with Gasteiger partial charge in [0, 0.05) is 6.21 Å². The molecule has 17 heavy (non-hydrogen) atoms. The average molecular weight is 251 g/mol. The van der Waals surface area contributed by atoms with Crippen LogP contribution >= 0.6 is 0 Å². The molecule has 0 saturated carbocycles. The molecule has 3 nitrogen and oxygen atoms in total. The van der Waals surface area contributed by atoms with E-state index in [-0.39, 0.29) is 4.90 Å². The standard InChI is InChI=1S/C13H17NO2S/c1-11(2)5-4-10-14-17(15,16)13-8-6-12(3)7-9-13/h6-10H,1,4-5H2,2-3H3. The van der Waals surface area contributed by atoms with E-state index in [0.717, 1.165) is 17.6 Å². The summed E-state index contributed by atoms with van der Waals surface area (Å²) in [6, 6.07) is 6.66. The first kappa shape index (κ1) is 13.6. The maximum Gasteiger partial charge on any atom is 0.281 e. The second kappa shape index (κ2) is 5.77. The number of aryl methyl sites for hydroxylation is 1. The lowest BCUT2D eigenvalue weighted by Gasteiger charge is -1.99. The van der Waals surface area contributed by atoms with E-state index in [1.807, 2.05) is 13.8 Å². The summed E-state index contributed by atoms with van der Waals surface area (Å²) < 4.78 is 27.2. The third kappa shape index (κ3) is 4.53. The molecule has 0 N–H and O–H groups in total. The molecule has 0 bridgehead atoms. The van der Waals surface area contributed by atoms with Crippen LogP contribution in [-0.4, -0.2) is 14.6 Å². The van der Waals surface area contributed by atoms with Crippen molar-refractivity contribution < 1.29 is 8.42 Å². The predicted molar refractivity (Wildman–Crippen MR) is 70.9 cm³/mol. The molecule has 0 saturated heterocycles. The minimum absolute atomic E-state index is 0.231. The number of nitrogens with zero attached hydrogens (tertiary/aromatic N) is 1. The number of hydrogen-bond donors (Lipinski definition) is 0. The zero-order chi connectivity index (χ0) is 12.9. The van der Waals surface area contributed by atoms with Gasteiger partial charge in [-0.2, -0.15) is 12.8 Å². The van der Waals surface area contributed by atoms with Crippen molar-refractivity contribution in [1.82, 2.24) is 0 Å². The highest BCUT2D eigenvalue weighted by Crippen LogP contribution is 2.12. The van der Waals surface area contributed by atoms with Gasteiger partial charge in [-0.15, -0.1) is 6.58 Å². The van der Waals surface area contributed by atoms with Crippen LogP contribution in [0.15, 0.2) is 45.7 Å². The number of rotatable bonds is 5. The lowest BCUT2D eigenvalue weighted by Crippen LogP contribution is -1.97. The van der Waals surface area contributed by atoms with Gasteiger partial charge in [0.15, 0.2) is 0 Å². The largest absolute Gasteiger partial charge is 0.281 e. The molecule has 0 fully saturated rings. The first-order valence-corrected chi connectivity index (χ1v) is 6.86. The Bertz CT molecular complexity index is 513. The van der Waals surface area contributed by atoms with Crippen LogP contribution in [0.1, 0.15) is 25.3 Å². The van der Waals surface area contributed by atoms with Gasteiger partial charge in [-0.1, -0.05) is 23.3 Å². The van der Waals surface area contributed by atoms with Gasteiger partial charge in [0.1, 0.15) is 0 Å². The van der Waals surface area contributed by atoms with E-state index in [2.05, 4.69) is 11.0 Å². The van der Waals surface area contributed by atoms with Crippen LogP contribution in [0.4, 0.5) is 0 Å². The van der Waals surface area contributed by atoms with Crippen LogP contribution in [0.3, 0.4) is 0 Å². The maximum absolute atomic E-state index is 11.8. The van der Waals surface area contributed by atoms with Gasteiger partial charge in [-0.3, -0.25) is 0 Å². The summed E-state index contributed by atoms with van der Waals surface area (Å²) in [7, 11) is -3.54. The minimum Gasteiger partial charge on any atom is -0.199 e. The summed E-state index contributed by atoms with van der Waals surface area (Å²) in [5, 5.41) is 0. The van der Waals surface area contributed by atoms with Crippen LogP contribution in [0.25, 0.3) is 0 Å². The fourth-order valence-corrected chi connectivity index (χ4v) is 2.14. The highest BCUT2D eigenvalue weighted by molar-refractivity contribution is 7.90. The Balaban J connectivity index is 2.75. The molecular weight excluding hydrogens is 234 g/mol. The van der Waals surface area contributed by atoms with Crippen LogP contribution in [0.5, 0.6) is 0 Å². The molecule has 1 aromatic rings. The molecule has 92 valence electrons. The summed E-state index contributed by atoms with van der Waals surface area (Å²) >= 11 is 0. The molecule has 0 radical (unpaired) electrons. The van der Waals surface area contributed by atoms with Crippen LogP contribution in [0.2, 0.25) is 0 Å². The third-order valence-corrected chi connectivity index (χ3v) is 3.53.